The smallest absolute Gasteiger partial charge is 0.307 e. The van der Waals surface area contributed by atoms with Gasteiger partial charge < -0.3 is 20.6 Å². The predicted molar refractivity (Wildman–Crippen MR) is 136 cm³/mol. The van der Waals surface area contributed by atoms with Gasteiger partial charge in [0, 0.05) is 56.7 Å². The van der Waals surface area contributed by atoms with Crippen molar-refractivity contribution in [2.24, 2.45) is 17.3 Å². The number of rotatable bonds is 5. The van der Waals surface area contributed by atoms with E-state index in [9.17, 15) is 14.7 Å². The molecule has 1 amide bonds. The number of amides is 1. The summed E-state index contributed by atoms with van der Waals surface area (Å²) in [7, 11) is 0. The van der Waals surface area contributed by atoms with Crippen LogP contribution in [0.2, 0.25) is 0 Å². The molecule has 196 valence electrons. The minimum atomic E-state index is -0.634. The summed E-state index contributed by atoms with van der Waals surface area (Å²) < 4.78 is 0. The van der Waals surface area contributed by atoms with Gasteiger partial charge in [-0.3, -0.25) is 30.5 Å². The minimum absolute atomic E-state index is 0.00616. The normalized spacial score (nSPS) is 34.4. The van der Waals surface area contributed by atoms with E-state index in [1.807, 2.05) is 0 Å². The van der Waals surface area contributed by atoms with Crippen LogP contribution in [-0.2, 0) is 9.59 Å². The van der Waals surface area contributed by atoms with Crippen LogP contribution in [0.1, 0.15) is 25.7 Å². The highest BCUT2D eigenvalue weighted by Gasteiger charge is 2.58. The maximum Gasteiger partial charge on any atom is 0.307 e. The van der Waals surface area contributed by atoms with Crippen LogP contribution in [0.3, 0.4) is 0 Å². The number of benzene rings is 1. The summed E-state index contributed by atoms with van der Waals surface area (Å²) in [6.07, 6.45) is 3.62. The summed E-state index contributed by atoms with van der Waals surface area (Å²) in [6.45, 7) is 6.42. The lowest BCUT2D eigenvalue weighted by molar-refractivity contribution is -0.139. The van der Waals surface area contributed by atoms with Gasteiger partial charge in [-0.1, -0.05) is 0 Å². The first-order chi connectivity index (χ1) is 17.5. The van der Waals surface area contributed by atoms with Gasteiger partial charge in [0.15, 0.2) is 0 Å². The molecule has 1 aliphatic carbocycles. The number of aliphatic carboxylic acids is 1. The number of hydrazine groups is 1. The summed E-state index contributed by atoms with van der Waals surface area (Å²) in [5.41, 5.74) is 8.00. The van der Waals surface area contributed by atoms with Crippen molar-refractivity contribution in [3.05, 3.63) is 24.3 Å². The van der Waals surface area contributed by atoms with Crippen LogP contribution >= 0.6 is 0 Å². The summed E-state index contributed by atoms with van der Waals surface area (Å²) in [5, 5.41) is 23.7. The number of piperidine rings is 1. The van der Waals surface area contributed by atoms with E-state index in [0.717, 1.165) is 76.3 Å². The third kappa shape index (κ3) is 4.66. The number of carbonyl (C=O) groups excluding carboxylic acids is 1. The Hall–Kier alpha value is -2.44. The zero-order valence-corrected chi connectivity index (χ0v) is 20.6. The van der Waals surface area contributed by atoms with Gasteiger partial charge in [0.05, 0.1) is 18.0 Å². The largest absolute Gasteiger partial charge is 0.481 e. The van der Waals surface area contributed by atoms with E-state index in [2.05, 4.69) is 66.2 Å². The fourth-order valence-electron chi connectivity index (χ4n) is 6.59. The third-order valence-electron chi connectivity index (χ3n) is 8.88. The number of hydrogen-bond donors (Lipinski definition) is 7. The van der Waals surface area contributed by atoms with Gasteiger partial charge in [0.2, 0.25) is 5.91 Å². The third-order valence-corrected chi connectivity index (χ3v) is 8.88. The standard InChI is InChI=1S/C25H38N8O3/c34-22-20-19(15-27-31-22)29-24(33-10-1-8-26-9-13-33)30-21(20)28-16-2-4-17(5-3-16)32-11-6-25(7-12-32)14-18(25)23(35)36/h2-5,18-21,24,26-30H,1,6-15H2,(H,31,34)(H,35,36). The lowest BCUT2D eigenvalue weighted by atomic mass is 9.90. The van der Waals surface area contributed by atoms with Crippen LogP contribution in [0.15, 0.2) is 24.3 Å². The molecule has 4 saturated heterocycles. The molecule has 11 nitrogen and oxygen atoms in total. The molecule has 5 fully saturated rings. The molecule has 5 aliphatic rings. The Morgan fingerprint density at radius 2 is 1.86 bits per heavy atom. The molecule has 5 unspecified atom stereocenters. The van der Waals surface area contributed by atoms with Gasteiger partial charge in [0.25, 0.3) is 0 Å². The number of carboxylic acid groups (broad SMARTS) is 1. The molecule has 1 aromatic carbocycles. The topological polar surface area (TPSA) is 133 Å². The van der Waals surface area contributed by atoms with E-state index in [1.165, 1.54) is 0 Å². The van der Waals surface area contributed by atoms with Crippen LogP contribution in [0.25, 0.3) is 0 Å². The van der Waals surface area contributed by atoms with Gasteiger partial charge >= 0.3 is 5.97 Å². The zero-order chi connectivity index (χ0) is 24.7. The van der Waals surface area contributed by atoms with E-state index in [-0.39, 0.29) is 41.7 Å². The molecule has 36 heavy (non-hydrogen) atoms. The van der Waals surface area contributed by atoms with Crippen molar-refractivity contribution >= 4 is 23.3 Å². The summed E-state index contributed by atoms with van der Waals surface area (Å²) in [4.78, 5) is 28.9. The van der Waals surface area contributed by atoms with E-state index in [0.29, 0.717) is 6.54 Å². The van der Waals surface area contributed by atoms with Gasteiger partial charge in [-0.2, -0.15) is 0 Å². The highest BCUT2D eigenvalue weighted by molar-refractivity contribution is 5.81. The average molecular weight is 499 g/mol. The Morgan fingerprint density at radius 3 is 2.61 bits per heavy atom. The van der Waals surface area contributed by atoms with Crippen molar-refractivity contribution in [2.75, 3.05) is 56.0 Å². The van der Waals surface area contributed by atoms with Gasteiger partial charge in [0.1, 0.15) is 6.29 Å². The molecule has 4 heterocycles. The molecule has 0 aromatic heterocycles. The first-order valence-corrected chi connectivity index (χ1v) is 13.4. The summed E-state index contributed by atoms with van der Waals surface area (Å²) >= 11 is 0. The van der Waals surface area contributed by atoms with Crippen molar-refractivity contribution in [3.8, 4) is 0 Å². The molecule has 0 radical (unpaired) electrons. The number of fused-ring (bicyclic) bond motifs is 1. The van der Waals surface area contributed by atoms with Crippen molar-refractivity contribution in [2.45, 2.75) is 44.2 Å². The molecule has 6 rings (SSSR count). The number of carbonyl (C=O) groups is 2. The SMILES string of the molecule is O=C1NNCC2NC(N3CCCNCC3)NC(Nc3ccc(N4CCC5(CC4)CC5C(=O)O)cc3)C12. The lowest BCUT2D eigenvalue weighted by Crippen LogP contribution is -2.76. The monoisotopic (exact) mass is 498 g/mol. The molecule has 11 heteroatoms. The molecule has 1 saturated carbocycles. The van der Waals surface area contributed by atoms with Gasteiger partial charge in [-0.15, -0.1) is 0 Å². The van der Waals surface area contributed by atoms with Crippen LogP contribution in [0, 0.1) is 17.3 Å². The maximum atomic E-state index is 12.8. The first kappa shape index (κ1) is 23.9. The fourth-order valence-corrected chi connectivity index (χ4v) is 6.59. The molecule has 0 bridgehead atoms. The average Bonchev–Trinajstić information content (AvgIpc) is 3.65. The van der Waals surface area contributed by atoms with Crippen molar-refractivity contribution in [3.63, 3.8) is 0 Å². The number of anilines is 2. The molecular formula is C25H38N8O3. The van der Waals surface area contributed by atoms with Crippen LogP contribution in [0.4, 0.5) is 11.4 Å². The Balaban J connectivity index is 1.11. The van der Waals surface area contributed by atoms with Crippen LogP contribution < -0.4 is 37.0 Å². The van der Waals surface area contributed by atoms with Gasteiger partial charge in [-0.05, 0) is 61.9 Å². The lowest BCUT2D eigenvalue weighted by Gasteiger charge is -2.48. The van der Waals surface area contributed by atoms with Crippen LogP contribution in [0.5, 0.6) is 0 Å². The maximum absolute atomic E-state index is 12.8. The first-order valence-electron chi connectivity index (χ1n) is 13.4. The van der Waals surface area contributed by atoms with Gasteiger partial charge in [-0.25, -0.2) is 5.43 Å². The Labute approximate surface area is 211 Å². The fraction of sp³-hybridized carbons (Fsp3) is 0.680. The number of hydrogen-bond acceptors (Lipinski definition) is 9. The summed E-state index contributed by atoms with van der Waals surface area (Å²) in [6, 6.07) is 8.44. The van der Waals surface area contributed by atoms with E-state index >= 15 is 0 Å². The summed E-state index contributed by atoms with van der Waals surface area (Å²) in [5.74, 6) is -1.04. The highest BCUT2D eigenvalue weighted by atomic mass is 16.4. The molecule has 7 N–H and O–H groups in total. The molecule has 4 aliphatic heterocycles. The highest BCUT2D eigenvalue weighted by Crippen LogP contribution is 2.59. The van der Waals surface area contributed by atoms with Crippen molar-refractivity contribution < 1.29 is 14.7 Å². The van der Waals surface area contributed by atoms with E-state index < -0.39 is 5.97 Å². The molecule has 5 atom stereocenters. The molecule has 1 aromatic rings. The Kier molecular flexibility index (Phi) is 6.51. The quantitative estimate of drug-likeness (QED) is 0.285. The molecule has 1 spiro atoms. The number of nitrogens with zero attached hydrogens (tertiary/aromatic N) is 2. The number of carboxylic acids is 1. The second-order valence-corrected chi connectivity index (χ2v) is 11.0. The second-order valence-electron chi connectivity index (χ2n) is 11.0. The van der Waals surface area contributed by atoms with Crippen molar-refractivity contribution in [1.82, 2.24) is 31.7 Å². The molecular weight excluding hydrogens is 460 g/mol. The number of nitrogens with one attached hydrogen (secondary N) is 6. The Morgan fingerprint density at radius 1 is 1.06 bits per heavy atom. The van der Waals surface area contributed by atoms with Crippen LogP contribution in [-0.4, -0.2) is 86.2 Å². The zero-order valence-electron chi connectivity index (χ0n) is 20.6. The predicted octanol–water partition coefficient (Wildman–Crippen LogP) is -0.493. The second kappa shape index (κ2) is 9.79. The Bertz CT molecular complexity index is 959. The van der Waals surface area contributed by atoms with E-state index in [1.54, 1.807) is 0 Å². The van der Waals surface area contributed by atoms with Crippen molar-refractivity contribution in [1.29, 1.82) is 0 Å². The minimum Gasteiger partial charge on any atom is -0.481 e. The van der Waals surface area contributed by atoms with E-state index in [4.69, 9.17) is 0 Å².